The third-order valence-corrected chi connectivity index (χ3v) is 4.05. The molecule has 126 valence electrons. The average Bonchev–Trinajstić information content (AvgIpc) is 3.16. The number of hydrogen-bond acceptors (Lipinski definition) is 3. The third kappa shape index (κ3) is 3.15. The van der Waals surface area contributed by atoms with Crippen molar-refractivity contribution in [1.82, 2.24) is 14.1 Å². The molecule has 6 nitrogen and oxygen atoms in total. The van der Waals surface area contributed by atoms with Crippen molar-refractivity contribution >= 4 is 11.7 Å². The largest absolute Gasteiger partial charge is 0.328 e. The molecule has 3 rings (SSSR count). The molecule has 1 N–H and O–H groups in total. The minimum Gasteiger partial charge on any atom is -0.328 e. The number of nitrogens with zero attached hydrogens (tertiary/aromatic N) is 4. The highest BCUT2D eigenvalue weighted by atomic mass is 19.1. The highest BCUT2D eigenvalue weighted by Gasteiger charge is 2.20. The first kappa shape index (κ1) is 16.5. The Morgan fingerprint density at radius 2 is 2.04 bits per heavy atom. The van der Waals surface area contributed by atoms with E-state index in [1.54, 1.807) is 40.0 Å². The fourth-order valence-corrected chi connectivity index (χ4v) is 2.69. The Morgan fingerprint density at radius 1 is 1.32 bits per heavy atom. The van der Waals surface area contributed by atoms with Crippen LogP contribution >= 0.6 is 0 Å². The summed E-state index contributed by atoms with van der Waals surface area (Å²) >= 11 is 0. The van der Waals surface area contributed by atoms with E-state index in [1.165, 1.54) is 12.1 Å². The summed E-state index contributed by atoms with van der Waals surface area (Å²) in [6.45, 7) is 3.75. The van der Waals surface area contributed by atoms with Gasteiger partial charge in [0.2, 0.25) is 5.91 Å². The lowest BCUT2D eigenvalue weighted by Gasteiger charge is -2.13. The van der Waals surface area contributed by atoms with Gasteiger partial charge in [-0.3, -0.25) is 9.36 Å². The highest BCUT2D eigenvalue weighted by Crippen LogP contribution is 2.30. The second-order valence-corrected chi connectivity index (χ2v) is 5.64. The van der Waals surface area contributed by atoms with Crippen molar-refractivity contribution in [3.8, 4) is 11.8 Å². The summed E-state index contributed by atoms with van der Waals surface area (Å²) in [7, 11) is 0. The van der Waals surface area contributed by atoms with Gasteiger partial charge in [-0.05, 0) is 43.7 Å². The van der Waals surface area contributed by atoms with Gasteiger partial charge in [0.1, 0.15) is 24.2 Å². The minimum absolute atomic E-state index is 0.0809. The number of nitriles is 1. The fraction of sp³-hybridized carbons (Fsp3) is 0.167. The van der Waals surface area contributed by atoms with E-state index in [2.05, 4.69) is 16.4 Å². The summed E-state index contributed by atoms with van der Waals surface area (Å²) in [4.78, 5) is 16.3. The molecule has 0 radical (unpaired) electrons. The second-order valence-electron chi connectivity index (χ2n) is 5.64. The van der Waals surface area contributed by atoms with Crippen LogP contribution in [0.25, 0.3) is 5.69 Å². The first-order valence-corrected chi connectivity index (χ1v) is 7.64. The molecule has 0 saturated heterocycles. The molecule has 0 aliphatic heterocycles. The molecule has 3 aromatic rings. The zero-order valence-electron chi connectivity index (χ0n) is 13.8. The monoisotopic (exact) mass is 337 g/mol. The number of rotatable bonds is 4. The number of nitrogens with one attached hydrogen (secondary N) is 1. The second kappa shape index (κ2) is 6.61. The SMILES string of the molecule is Cc1c(C#N)c(NC(=O)Cn2ccnc2)n(-c2ccc(F)cc2)c1C. The van der Waals surface area contributed by atoms with E-state index in [0.717, 1.165) is 11.3 Å². The molecule has 2 heterocycles. The Morgan fingerprint density at radius 3 is 2.64 bits per heavy atom. The smallest absolute Gasteiger partial charge is 0.245 e. The topological polar surface area (TPSA) is 75.6 Å². The van der Waals surface area contributed by atoms with Crippen molar-refractivity contribution in [3.63, 3.8) is 0 Å². The Bertz CT molecular complexity index is 949. The van der Waals surface area contributed by atoms with Gasteiger partial charge in [-0.2, -0.15) is 5.26 Å². The van der Waals surface area contributed by atoms with Crippen molar-refractivity contribution < 1.29 is 9.18 Å². The van der Waals surface area contributed by atoms with Gasteiger partial charge in [-0.15, -0.1) is 0 Å². The summed E-state index contributed by atoms with van der Waals surface area (Å²) < 4.78 is 16.6. The Balaban J connectivity index is 2.02. The van der Waals surface area contributed by atoms with Crippen LogP contribution in [0.15, 0.2) is 43.0 Å². The molecule has 1 amide bonds. The van der Waals surface area contributed by atoms with Crippen LogP contribution in [0.5, 0.6) is 0 Å². The summed E-state index contributed by atoms with van der Waals surface area (Å²) in [5.74, 6) is -0.249. The lowest BCUT2D eigenvalue weighted by molar-refractivity contribution is -0.116. The predicted molar refractivity (Wildman–Crippen MR) is 90.8 cm³/mol. The normalized spacial score (nSPS) is 10.5. The molecular formula is C18H16FN5O. The van der Waals surface area contributed by atoms with Gasteiger partial charge in [0.05, 0.1) is 11.9 Å². The average molecular weight is 337 g/mol. The highest BCUT2D eigenvalue weighted by molar-refractivity contribution is 5.92. The van der Waals surface area contributed by atoms with E-state index in [0.29, 0.717) is 17.1 Å². The molecule has 0 saturated carbocycles. The molecule has 25 heavy (non-hydrogen) atoms. The number of carbonyl (C=O) groups excluding carboxylic acids is 1. The Hall–Kier alpha value is -3.40. The molecule has 0 atom stereocenters. The number of amides is 1. The molecule has 0 aliphatic rings. The lowest BCUT2D eigenvalue weighted by Crippen LogP contribution is -2.20. The Kier molecular flexibility index (Phi) is 4.35. The van der Waals surface area contributed by atoms with Crippen LogP contribution in [-0.4, -0.2) is 20.0 Å². The third-order valence-electron chi connectivity index (χ3n) is 4.05. The van der Waals surface area contributed by atoms with Crippen molar-refractivity contribution in [2.45, 2.75) is 20.4 Å². The number of hydrogen-bond donors (Lipinski definition) is 1. The van der Waals surface area contributed by atoms with Crippen LogP contribution in [-0.2, 0) is 11.3 Å². The van der Waals surface area contributed by atoms with Crippen LogP contribution in [0.1, 0.15) is 16.8 Å². The van der Waals surface area contributed by atoms with Gasteiger partial charge in [0, 0.05) is 23.8 Å². The first-order valence-electron chi connectivity index (χ1n) is 7.64. The van der Waals surface area contributed by atoms with E-state index < -0.39 is 0 Å². The molecule has 0 spiro atoms. The van der Waals surface area contributed by atoms with E-state index in [4.69, 9.17) is 0 Å². The number of imidazole rings is 1. The van der Waals surface area contributed by atoms with Crippen LogP contribution < -0.4 is 5.32 Å². The molecule has 0 aliphatic carbocycles. The maximum Gasteiger partial charge on any atom is 0.245 e. The number of aromatic nitrogens is 3. The summed E-state index contributed by atoms with van der Waals surface area (Å²) in [5.41, 5.74) is 2.63. The van der Waals surface area contributed by atoms with E-state index in [-0.39, 0.29) is 18.3 Å². The fourth-order valence-electron chi connectivity index (χ4n) is 2.69. The minimum atomic E-state index is -0.350. The zero-order chi connectivity index (χ0) is 18.0. The van der Waals surface area contributed by atoms with Crippen molar-refractivity contribution in [3.05, 3.63) is 65.6 Å². The molecular weight excluding hydrogens is 321 g/mol. The van der Waals surface area contributed by atoms with E-state index in [1.807, 2.05) is 13.8 Å². The summed E-state index contributed by atoms with van der Waals surface area (Å²) in [6, 6.07) is 8.03. The molecule has 0 fully saturated rings. The number of anilines is 1. The number of carbonyl (C=O) groups is 1. The number of halogens is 1. The molecule has 7 heteroatoms. The van der Waals surface area contributed by atoms with Crippen molar-refractivity contribution in [1.29, 1.82) is 5.26 Å². The maximum absolute atomic E-state index is 13.2. The molecule has 0 unspecified atom stereocenters. The van der Waals surface area contributed by atoms with Gasteiger partial charge < -0.3 is 9.88 Å². The molecule has 2 aromatic heterocycles. The van der Waals surface area contributed by atoms with E-state index in [9.17, 15) is 14.4 Å². The van der Waals surface area contributed by atoms with Gasteiger partial charge in [0.15, 0.2) is 0 Å². The quantitative estimate of drug-likeness (QED) is 0.795. The molecule has 0 bridgehead atoms. The van der Waals surface area contributed by atoms with Crippen LogP contribution in [0.3, 0.4) is 0 Å². The summed E-state index contributed by atoms with van der Waals surface area (Å²) in [5, 5.41) is 12.3. The van der Waals surface area contributed by atoms with Crippen LogP contribution in [0.2, 0.25) is 0 Å². The standard InChI is InChI=1S/C18H16FN5O/c1-12-13(2)24(15-5-3-14(19)4-6-15)18(16(12)9-20)22-17(25)10-23-8-7-21-11-23/h3-8,11H,10H2,1-2H3,(H,22,25). The lowest BCUT2D eigenvalue weighted by atomic mass is 10.2. The van der Waals surface area contributed by atoms with Gasteiger partial charge in [-0.1, -0.05) is 0 Å². The van der Waals surface area contributed by atoms with Crippen LogP contribution in [0, 0.1) is 31.0 Å². The maximum atomic E-state index is 13.2. The van der Waals surface area contributed by atoms with Crippen molar-refractivity contribution in [2.24, 2.45) is 0 Å². The van der Waals surface area contributed by atoms with E-state index >= 15 is 0 Å². The van der Waals surface area contributed by atoms with Gasteiger partial charge in [0.25, 0.3) is 0 Å². The predicted octanol–water partition coefficient (Wildman–Crippen LogP) is 2.94. The van der Waals surface area contributed by atoms with Crippen molar-refractivity contribution in [2.75, 3.05) is 5.32 Å². The van der Waals surface area contributed by atoms with Gasteiger partial charge >= 0.3 is 0 Å². The molecule has 1 aromatic carbocycles. The first-order chi connectivity index (χ1) is 12.0. The van der Waals surface area contributed by atoms with Crippen LogP contribution in [0.4, 0.5) is 10.2 Å². The summed E-state index contributed by atoms with van der Waals surface area (Å²) in [6.07, 6.45) is 4.81. The Labute approximate surface area is 144 Å². The van der Waals surface area contributed by atoms with Gasteiger partial charge in [-0.25, -0.2) is 9.37 Å². The zero-order valence-corrected chi connectivity index (χ0v) is 13.8. The number of benzene rings is 1.